The molecule has 1 aromatic carbocycles. The summed E-state index contributed by atoms with van der Waals surface area (Å²) in [7, 11) is 0. The van der Waals surface area contributed by atoms with Crippen LogP contribution in [0.15, 0.2) is 24.3 Å². The Labute approximate surface area is 146 Å². The number of para-hydroxylation sites is 1. The van der Waals surface area contributed by atoms with E-state index in [9.17, 15) is 14.0 Å². The molecule has 7 heteroatoms. The highest BCUT2D eigenvalue weighted by Gasteiger charge is 2.49. The molecule has 3 aliphatic rings. The molecule has 3 heterocycles. The predicted octanol–water partition coefficient (Wildman–Crippen LogP) is 1.64. The summed E-state index contributed by atoms with van der Waals surface area (Å²) in [5, 5.41) is 5.60. The summed E-state index contributed by atoms with van der Waals surface area (Å²) in [6.45, 7) is 3.86. The van der Waals surface area contributed by atoms with Crippen molar-refractivity contribution in [3.8, 4) is 0 Å². The molecule has 134 valence electrons. The molecule has 0 saturated carbocycles. The highest BCUT2D eigenvalue weighted by Crippen LogP contribution is 2.43. The Kier molecular flexibility index (Phi) is 4.11. The lowest BCUT2D eigenvalue weighted by molar-refractivity contribution is -0.127. The summed E-state index contributed by atoms with van der Waals surface area (Å²) in [4.78, 5) is 28.5. The number of hydrogen-bond donors (Lipinski definition) is 2. The molecule has 1 spiro atoms. The summed E-state index contributed by atoms with van der Waals surface area (Å²) in [5.41, 5.74) is 0.337. The normalized spacial score (nSPS) is 25.6. The molecular formula is C18H23FN4O2. The van der Waals surface area contributed by atoms with E-state index in [1.165, 1.54) is 6.07 Å². The van der Waals surface area contributed by atoms with Crippen LogP contribution in [0.5, 0.6) is 0 Å². The molecule has 1 aromatic rings. The minimum absolute atomic E-state index is 0.00691. The third-order valence-corrected chi connectivity index (χ3v) is 5.83. The van der Waals surface area contributed by atoms with Crippen LogP contribution in [0, 0.1) is 11.2 Å². The standard InChI is InChI=1S/C18H23FN4O2/c19-13-3-1-2-4-14(13)21-17(25)22-8-5-18(6-9-22)11-15-16(24)20-7-10-23(15)12-18/h1-4,15H,5-12H2,(H,20,24)(H,21,25)/t15-/m0/s1. The second-order valence-electron chi connectivity index (χ2n) is 7.38. The molecule has 25 heavy (non-hydrogen) atoms. The Hall–Kier alpha value is -2.15. The number of carbonyl (C=O) groups excluding carboxylic acids is 2. The maximum absolute atomic E-state index is 13.7. The molecule has 4 rings (SSSR count). The number of piperidine rings is 1. The topological polar surface area (TPSA) is 64.7 Å². The van der Waals surface area contributed by atoms with Gasteiger partial charge in [-0.1, -0.05) is 12.1 Å². The van der Waals surface area contributed by atoms with E-state index in [2.05, 4.69) is 15.5 Å². The molecule has 2 N–H and O–H groups in total. The zero-order valence-electron chi connectivity index (χ0n) is 14.1. The van der Waals surface area contributed by atoms with Gasteiger partial charge in [-0.15, -0.1) is 0 Å². The number of fused-ring (bicyclic) bond motifs is 1. The van der Waals surface area contributed by atoms with E-state index in [0.717, 1.165) is 38.9 Å². The summed E-state index contributed by atoms with van der Waals surface area (Å²) in [6.07, 6.45) is 2.65. The van der Waals surface area contributed by atoms with Gasteiger partial charge in [-0.3, -0.25) is 9.69 Å². The Bertz CT molecular complexity index is 687. The van der Waals surface area contributed by atoms with Gasteiger partial charge in [0.2, 0.25) is 5.91 Å². The molecule has 0 bridgehead atoms. The van der Waals surface area contributed by atoms with E-state index in [-0.39, 0.29) is 29.1 Å². The van der Waals surface area contributed by atoms with Gasteiger partial charge < -0.3 is 15.5 Å². The van der Waals surface area contributed by atoms with Gasteiger partial charge in [0.25, 0.3) is 0 Å². The highest BCUT2D eigenvalue weighted by atomic mass is 19.1. The van der Waals surface area contributed by atoms with E-state index in [1.54, 1.807) is 23.1 Å². The Morgan fingerprint density at radius 2 is 2.00 bits per heavy atom. The molecule has 3 fully saturated rings. The number of halogens is 1. The van der Waals surface area contributed by atoms with Crippen molar-refractivity contribution in [3.63, 3.8) is 0 Å². The van der Waals surface area contributed by atoms with E-state index in [4.69, 9.17) is 0 Å². The largest absolute Gasteiger partial charge is 0.353 e. The Morgan fingerprint density at radius 3 is 2.72 bits per heavy atom. The van der Waals surface area contributed by atoms with E-state index in [1.807, 2.05) is 0 Å². The highest BCUT2D eigenvalue weighted by molar-refractivity contribution is 5.89. The van der Waals surface area contributed by atoms with Crippen LogP contribution in [-0.2, 0) is 4.79 Å². The quantitative estimate of drug-likeness (QED) is 0.813. The number of nitrogens with one attached hydrogen (secondary N) is 2. The van der Waals surface area contributed by atoms with Gasteiger partial charge in [-0.05, 0) is 36.8 Å². The summed E-state index contributed by atoms with van der Waals surface area (Å²) in [5.74, 6) is -0.286. The summed E-state index contributed by atoms with van der Waals surface area (Å²) in [6, 6.07) is 5.93. The first kappa shape index (κ1) is 16.3. The van der Waals surface area contributed by atoms with Gasteiger partial charge >= 0.3 is 6.03 Å². The number of anilines is 1. The van der Waals surface area contributed by atoms with Crippen LogP contribution in [0.1, 0.15) is 19.3 Å². The summed E-state index contributed by atoms with van der Waals surface area (Å²) < 4.78 is 13.7. The fraction of sp³-hybridized carbons (Fsp3) is 0.556. The van der Waals surface area contributed by atoms with Crippen molar-refractivity contribution in [2.45, 2.75) is 25.3 Å². The molecular weight excluding hydrogens is 323 g/mol. The average Bonchev–Trinajstić information content (AvgIpc) is 2.97. The number of nitrogens with zero attached hydrogens (tertiary/aromatic N) is 2. The SMILES string of the molecule is O=C1NCCN2CC3(CCN(C(=O)Nc4ccccc4F)CC3)C[C@@H]12. The third-order valence-electron chi connectivity index (χ3n) is 5.83. The van der Waals surface area contributed by atoms with Crippen molar-refractivity contribution in [3.05, 3.63) is 30.1 Å². The van der Waals surface area contributed by atoms with Gasteiger partial charge in [0.1, 0.15) is 5.82 Å². The lowest BCUT2D eigenvalue weighted by atomic mass is 9.76. The number of carbonyl (C=O) groups is 2. The molecule has 0 aliphatic carbocycles. The summed E-state index contributed by atoms with van der Waals surface area (Å²) >= 11 is 0. The van der Waals surface area contributed by atoms with E-state index < -0.39 is 5.82 Å². The zero-order chi connectivity index (χ0) is 17.4. The second kappa shape index (κ2) is 6.29. The fourth-order valence-electron chi connectivity index (χ4n) is 4.38. The van der Waals surface area contributed by atoms with E-state index >= 15 is 0 Å². The number of benzene rings is 1. The third kappa shape index (κ3) is 3.08. The van der Waals surface area contributed by atoms with Gasteiger partial charge in [-0.2, -0.15) is 0 Å². The number of hydrogen-bond acceptors (Lipinski definition) is 3. The fourth-order valence-corrected chi connectivity index (χ4v) is 4.38. The molecule has 3 aliphatic heterocycles. The first-order valence-electron chi connectivity index (χ1n) is 8.89. The lowest BCUT2D eigenvalue weighted by Gasteiger charge is -2.39. The van der Waals surface area contributed by atoms with Gasteiger partial charge in [0.05, 0.1) is 11.7 Å². The van der Waals surface area contributed by atoms with Crippen LogP contribution >= 0.6 is 0 Å². The zero-order valence-corrected chi connectivity index (χ0v) is 14.1. The molecule has 0 aromatic heterocycles. The first-order valence-corrected chi connectivity index (χ1v) is 8.89. The minimum atomic E-state index is -0.428. The minimum Gasteiger partial charge on any atom is -0.353 e. The molecule has 3 amide bonds. The van der Waals surface area contributed by atoms with Gasteiger partial charge in [-0.25, -0.2) is 9.18 Å². The molecule has 0 unspecified atom stereocenters. The van der Waals surface area contributed by atoms with Crippen LogP contribution in [0.3, 0.4) is 0 Å². The number of amides is 3. The van der Waals surface area contributed by atoms with Gasteiger partial charge in [0.15, 0.2) is 0 Å². The van der Waals surface area contributed by atoms with Crippen molar-refractivity contribution >= 4 is 17.6 Å². The smallest absolute Gasteiger partial charge is 0.321 e. The van der Waals surface area contributed by atoms with Crippen molar-refractivity contribution in [2.24, 2.45) is 5.41 Å². The maximum Gasteiger partial charge on any atom is 0.321 e. The second-order valence-corrected chi connectivity index (χ2v) is 7.38. The number of piperazine rings is 1. The molecule has 0 radical (unpaired) electrons. The van der Waals surface area contributed by atoms with Gasteiger partial charge in [0, 0.05) is 32.7 Å². The van der Waals surface area contributed by atoms with Crippen molar-refractivity contribution < 1.29 is 14.0 Å². The van der Waals surface area contributed by atoms with Crippen molar-refractivity contribution in [1.29, 1.82) is 0 Å². The molecule has 1 atom stereocenters. The van der Waals surface area contributed by atoms with Crippen LogP contribution in [0.4, 0.5) is 14.9 Å². The van der Waals surface area contributed by atoms with Crippen LogP contribution < -0.4 is 10.6 Å². The first-order chi connectivity index (χ1) is 12.1. The monoisotopic (exact) mass is 346 g/mol. The van der Waals surface area contributed by atoms with Crippen LogP contribution in [0.2, 0.25) is 0 Å². The predicted molar refractivity (Wildman–Crippen MR) is 91.6 cm³/mol. The Balaban J connectivity index is 1.36. The number of rotatable bonds is 1. The van der Waals surface area contributed by atoms with Crippen molar-refractivity contribution in [2.75, 3.05) is 38.0 Å². The Morgan fingerprint density at radius 1 is 1.24 bits per heavy atom. The molecule has 3 saturated heterocycles. The lowest BCUT2D eigenvalue weighted by Crippen LogP contribution is -2.52. The van der Waals surface area contributed by atoms with E-state index in [0.29, 0.717) is 13.1 Å². The average molecular weight is 346 g/mol. The van der Waals surface area contributed by atoms with Crippen molar-refractivity contribution in [1.82, 2.24) is 15.1 Å². The maximum atomic E-state index is 13.7. The molecule has 6 nitrogen and oxygen atoms in total. The van der Waals surface area contributed by atoms with Crippen LogP contribution in [0.25, 0.3) is 0 Å². The van der Waals surface area contributed by atoms with Crippen LogP contribution in [-0.4, -0.2) is 60.5 Å². The number of urea groups is 1. The number of likely N-dealkylation sites (tertiary alicyclic amines) is 1.